The van der Waals surface area contributed by atoms with Crippen molar-refractivity contribution >= 4 is 17.3 Å². The van der Waals surface area contributed by atoms with Gasteiger partial charge in [0, 0.05) is 0 Å². The molecule has 0 amide bonds. The highest BCUT2D eigenvalue weighted by atomic mass is 35.5. The number of hydrogen-bond donors (Lipinski definition) is 0. The fourth-order valence-corrected chi connectivity index (χ4v) is 0.0781. The van der Waals surface area contributed by atoms with E-state index in [0.717, 1.165) is 0 Å². The minimum atomic E-state index is 1.76. The molecule has 0 aromatic carbocycles. The summed E-state index contributed by atoms with van der Waals surface area (Å²) in [7, 11) is 0. The normalized spacial score (nSPS) is 8.00. The second kappa shape index (κ2) is 4.32. The summed E-state index contributed by atoms with van der Waals surface area (Å²) < 4.78 is 0. The molecule has 1 radical (unpaired) electrons. The molecule has 0 fully saturated rings. The van der Waals surface area contributed by atoms with E-state index in [2.05, 4.69) is 16.4 Å². The van der Waals surface area contributed by atoms with Gasteiger partial charge in [0.05, 0.1) is 0 Å². The van der Waals surface area contributed by atoms with E-state index >= 15 is 0 Å². The van der Waals surface area contributed by atoms with Gasteiger partial charge in [-0.05, 0) is 0 Å². The molecular weight excluding hydrogens is 101 g/mol. The topological polar surface area (TPSA) is 21.6 Å². The summed E-state index contributed by atoms with van der Waals surface area (Å²) in [6, 6.07) is 0. The predicted molar refractivity (Wildman–Crippen MR) is 23.2 cm³/mol. The second-order valence-corrected chi connectivity index (χ2v) is 0.554. The molecule has 0 atom stereocenters. The van der Waals surface area contributed by atoms with Crippen molar-refractivity contribution in [2.24, 2.45) is 5.16 Å². The van der Waals surface area contributed by atoms with Crippen LogP contribution in [-0.4, -0.2) is 5.67 Å². The van der Waals surface area contributed by atoms with Crippen LogP contribution in [0.5, 0.6) is 0 Å². The van der Waals surface area contributed by atoms with Crippen LogP contribution in [0.4, 0.5) is 0 Å². The van der Waals surface area contributed by atoms with Crippen LogP contribution >= 0.6 is 11.6 Å². The SMILES string of the molecule is C#CO/N=[C]/Cl. The first kappa shape index (κ1) is 5.32. The van der Waals surface area contributed by atoms with Gasteiger partial charge < -0.3 is 4.84 Å². The predicted octanol–water partition coefficient (Wildman–Crippen LogP) is 0.653. The highest BCUT2D eigenvalue weighted by molar-refractivity contribution is 6.56. The summed E-state index contributed by atoms with van der Waals surface area (Å²) in [5.74, 6) is 0. The van der Waals surface area contributed by atoms with Gasteiger partial charge in [-0.1, -0.05) is 23.2 Å². The van der Waals surface area contributed by atoms with Crippen molar-refractivity contribution < 1.29 is 4.84 Å². The van der Waals surface area contributed by atoms with Gasteiger partial charge >= 0.3 is 0 Å². The van der Waals surface area contributed by atoms with Gasteiger partial charge in [-0.2, -0.15) is 0 Å². The monoisotopic (exact) mass is 102 g/mol. The molecule has 0 aliphatic rings. The standard InChI is InChI=1S/C3HClNO/c1-2-6-5-3-4/h1H. The Morgan fingerprint density at radius 3 is 2.67 bits per heavy atom. The van der Waals surface area contributed by atoms with Crippen molar-refractivity contribution in [3.8, 4) is 12.5 Å². The third-order valence-electron chi connectivity index (χ3n) is 0.133. The number of halogens is 1. The molecule has 0 spiro atoms. The summed E-state index contributed by atoms with van der Waals surface area (Å²) in [5.41, 5.74) is 1.80. The number of rotatable bonds is 1. The van der Waals surface area contributed by atoms with Crippen molar-refractivity contribution in [1.82, 2.24) is 0 Å². The number of terminal acetylenes is 1. The van der Waals surface area contributed by atoms with E-state index in [-0.39, 0.29) is 0 Å². The minimum Gasteiger partial charge on any atom is -0.302 e. The van der Waals surface area contributed by atoms with Crippen LogP contribution < -0.4 is 0 Å². The first-order valence-electron chi connectivity index (χ1n) is 1.09. The molecule has 0 rings (SSSR count). The largest absolute Gasteiger partial charge is 0.302 e. The Hall–Kier alpha value is -0.680. The van der Waals surface area contributed by atoms with Gasteiger partial charge in [0.25, 0.3) is 0 Å². The molecule has 2 nitrogen and oxygen atoms in total. The molecule has 0 heterocycles. The highest BCUT2D eigenvalue weighted by Crippen LogP contribution is 1.67. The molecule has 0 aromatic rings. The zero-order chi connectivity index (χ0) is 4.83. The molecule has 0 saturated carbocycles. The van der Waals surface area contributed by atoms with Crippen molar-refractivity contribution in [1.29, 1.82) is 0 Å². The fourth-order valence-electron chi connectivity index (χ4n) is 0.0436. The molecule has 0 saturated heterocycles. The van der Waals surface area contributed by atoms with Crippen LogP contribution in [0, 0.1) is 12.5 Å². The van der Waals surface area contributed by atoms with E-state index in [1.165, 1.54) is 0 Å². The van der Waals surface area contributed by atoms with Crippen molar-refractivity contribution in [3.63, 3.8) is 0 Å². The highest BCUT2D eigenvalue weighted by Gasteiger charge is 1.57. The van der Waals surface area contributed by atoms with Gasteiger partial charge in [0.1, 0.15) is 6.11 Å². The van der Waals surface area contributed by atoms with E-state index in [9.17, 15) is 0 Å². The molecule has 31 valence electrons. The second-order valence-electron chi connectivity index (χ2n) is 0.385. The van der Waals surface area contributed by atoms with E-state index < -0.39 is 0 Å². The van der Waals surface area contributed by atoms with Crippen molar-refractivity contribution in [3.05, 3.63) is 0 Å². The lowest BCUT2D eigenvalue weighted by atomic mass is 11.3. The Bertz CT molecular complexity index is 83.3. The van der Waals surface area contributed by atoms with Gasteiger partial charge in [-0.25, -0.2) is 0 Å². The summed E-state index contributed by atoms with van der Waals surface area (Å²) in [5, 5.41) is 2.87. The zero-order valence-electron chi connectivity index (χ0n) is 2.81. The maximum atomic E-state index is 4.74. The summed E-state index contributed by atoms with van der Waals surface area (Å²) in [6.07, 6.45) is 6.30. The number of nitrogens with zero attached hydrogens (tertiary/aromatic N) is 1. The lowest BCUT2D eigenvalue weighted by Gasteiger charge is -1.70. The van der Waals surface area contributed by atoms with Gasteiger partial charge in [0.15, 0.2) is 0 Å². The maximum absolute atomic E-state index is 4.74. The summed E-state index contributed by atoms with van der Waals surface area (Å²) >= 11 is 4.74. The summed E-state index contributed by atoms with van der Waals surface area (Å²) in [6.45, 7) is 0. The van der Waals surface area contributed by atoms with Crippen molar-refractivity contribution in [2.75, 3.05) is 0 Å². The van der Waals surface area contributed by atoms with Crippen LogP contribution in [0.3, 0.4) is 0 Å². The average molecular weight is 102 g/mol. The molecule has 0 aromatic heterocycles. The Morgan fingerprint density at radius 2 is 2.50 bits per heavy atom. The fraction of sp³-hybridized carbons (Fsp3) is 0. The van der Waals surface area contributed by atoms with E-state index in [1.54, 1.807) is 11.8 Å². The molecule has 0 aliphatic carbocycles. The Kier molecular flexibility index (Phi) is 3.83. The van der Waals surface area contributed by atoms with Gasteiger partial charge in [-0.15, -0.1) is 0 Å². The first-order valence-corrected chi connectivity index (χ1v) is 1.47. The zero-order valence-corrected chi connectivity index (χ0v) is 3.57. The lowest BCUT2D eigenvalue weighted by molar-refractivity contribution is 0.303. The average Bonchev–Trinajstić information content (AvgIpc) is 1.61. The van der Waals surface area contributed by atoms with Crippen LogP contribution in [0.15, 0.2) is 5.16 Å². The summed E-state index contributed by atoms with van der Waals surface area (Å²) in [4.78, 5) is 3.89. The van der Waals surface area contributed by atoms with Gasteiger partial charge in [-0.3, -0.25) is 0 Å². The van der Waals surface area contributed by atoms with Crippen molar-refractivity contribution in [2.45, 2.75) is 0 Å². The van der Waals surface area contributed by atoms with E-state index in [0.29, 0.717) is 0 Å². The van der Waals surface area contributed by atoms with Crippen LogP contribution in [0.1, 0.15) is 0 Å². The molecule has 0 unspecified atom stereocenters. The third kappa shape index (κ3) is 3.32. The first-order chi connectivity index (χ1) is 2.91. The molecule has 0 N–H and O–H groups in total. The Balaban J connectivity index is 2.92. The maximum Gasteiger partial charge on any atom is 0.210 e. The molecule has 6 heavy (non-hydrogen) atoms. The smallest absolute Gasteiger partial charge is 0.210 e. The molecule has 0 aliphatic heterocycles. The molecule has 3 heteroatoms. The molecule has 0 bridgehead atoms. The lowest BCUT2D eigenvalue weighted by Crippen LogP contribution is -1.60. The van der Waals surface area contributed by atoms with E-state index in [1.807, 2.05) is 0 Å². The minimum absolute atomic E-state index is 1.76. The Labute approximate surface area is 40.7 Å². The Morgan fingerprint density at radius 1 is 1.83 bits per heavy atom. The van der Waals surface area contributed by atoms with Gasteiger partial charge in [0.2, 0.25) is 5.67 Å². The van der Waals surface area contributed by atoms with Crippen LogP contribution in [0.2, 0.25) is 0 Å². The van der Waals surface area contributed by atoms with Crippen LogP contribution in [0.25, 0.3) is 0 Å². The quantitative estimate of drug-likeness (QED) is 0.271. The van der Waals surface area contributed by atoms with E-state index in [4.69, 9.17) is 11.6 Å². The molecular formula is C3HClNO. The number of hydrogen-bond acceptors (Lipinski definition) is 2. The van der Waals surface area contributed by atoms with Crippen LogP contribution in [-0.2, 0) is 4.84 Å². The third-order valence-corrected chi connectivity index (χ3v) is 0.202.